The summed E-state index contributed by atoms with van der Waals surface area (Å²) >= 11 is 0. The van der Waals surface area contributed by atoms with E-state index in [0.717, 1.165) is 0 Å². The van der Waals surface area contributed by atoms with Crippen molar-refractivity contribution >= 4 is 0 Å². The third kappa shape index (κ3) is 1.77. The van der Waals surface area contributed by atoms with E-state index in [-0.39, 0.29) is 0 Å². The molecule has 1 unspecified atom stereocenters. The zero-order valence-corrected chi connectivity index (χ0v) is 6.32. The molecule has 0 radical (unpaired) electrons. The first-order valence-corrected chi connectivity index (χ1v) is 3.32. The van der Waals surface area contributed by atoms with Gasteiger partial charge in [0.05, 0.1) is 0 Å². The van der Waals surface area contributed by atoms with Gasteiger partial charge in [0.15, 0.2) is 0 Å². The molecule has 0 bridgehead atoms. The summed E-state index contributed by atoms with van der Waals surface area (Å²) < 4.78 is 0. The molecule has 11 heavy (non-hydrogen) atoms. The number of aliphatic hydroxyl groups is 1. The Hall–Kier alpha value is -0.900. The Morgan fingerprint density at radius 1 is 1.36 bits per heavy atom. The van der Waals surface area contributed by atoms with Gasteiger partial charge in [-0.05, 0) is 6.92 Å². The minimum atomic E-state index is -1.39. The van der Waals surface area contributed by atoms with Crippen molar-refractivity contribution in [2.75, 3.05) is 0 Å². The minimum Gasteiger partial charge on any atom is -0.361 e. The van der Waals surface area contributed by atoms with Crippen LogP contribution in [0.25, 0.3) is 0 Å². The standard InChI is InChI=1S/C8H11NO2/c1-8(10,11-9)7-5-3-2-4-6-7/h2-6,10H,9H2,1H3. The lowest BCUT2D eigenvalue weighted by atomic mass is 10.1. The molecular formula is C8H11NO2. The Bertz CT molecular complexity index is 221. The third-order valence-corrected chi connectivity index (χ3v) is 1.54. The normalized spacial score (nSPS) is 15.9. The molecule has 3 nitrogen and oxygen atoms in total. The molecule has 0 spiro atoms. The molecule has 1 aromatic carbocycles. The fourth-order valence-electron chi connectivity index (χ4n) is 0.815. The van der Waals surface area contributed by atoms with Gasteiger partial charge in [-0.2, -0.15) is 0 Å². The number of hydrogen-bond acceptors (Lipinski definition) is 3. The number of benzene rings is 1. The molecular weight excluding hydrogens is 142 g/mol. The van der Waals surface area contributed by atoms with Crippen molar-refractivity contribution in [2.24, 2.45) is 5.90 Å². The maximum Gasteiger partial charge on any atom is 0.207 e. The molecule has 0 heterocycles. The van der Waals surface area contributed by atoms with Gasteiger partial charge < -0.3 is 5.11 Å². The molecule has 1 atom stereocenters. The molecule has 3 N–H and O–H groups in total. The van der Waals surface area contributed by atoms with Gasteiger partial charge in [-0.3, -0.25) is 4.84 Å². The van der Waals surface area contributed by atoms with Crippen molar-refractivity contribution in [3.8, 4) is 0 Å². The van der Waals surface area contributed by atoms with E-state index >= 15 is 0 Å². The minimum absolute atomic E-state index is 0.641. The predicted molar refractivity (Wildman–Crippen MR) is 41.3 cm³/mol. The largest absolute Gasteiger partial charge is 0.361 e. The highest BCUT2D eigenvalue weighted by molar-refractivity contribution is 5.18. The van der Waals surface area contributed by atoms with E-state index in [9.17, 15) is 5.11 Å². The van der Waals surface area contributed by atoms with Crippen molar-refractivity contribution in [1.29, 1.82) is 0 Å². The second-order valence-corrected chi connectivity index (χ2v) is 2.47. The molecule has 1 rings (SSSR count). The summed E-state index contributed by atoms with van der Waals surface area (Å²) in [7, 11) is 0. The number of nitrogens with two attached hydrogens (primary N) is 1. The fraction of sp³-hybridized carbons (Fsp3) is 0.250. The van der Waals surface area contributed by atoms with Gasteiger partial charge in [-0.15, -0.1) is 0 Å². The van der Waals surface area contributed by atoms with E-state index in [2.05, 4.69) is 4.84 Å². The van der Waals surface area contributed by atoms with Crippen LogP contribution in [0.5, 0.6) is 0 Å². The van der Waals surface area contributed by atoms with Crippen LogP contribution in [0, 0.1) is 0 Å². The van der Waals surface area contributed by atoms with Crippen LogP contribution in [0.3, 0.4) is 0 Å². The van der Waals surface area contributed by atoms with E-state index in [1.165, 1.54) is 6.92 Å². The molecule has 0 aliphatic heterocycles. The Morgan fingerprint density at radius 2 is 1.91 bits per heavy atom. The van der Waals surface area contributed by atoms with Crippen molar-refractivity contribution in [3.05, 3.63) is 35.9 Å². The second kappa shape index (κ2) is 3.00. The molecule has 3 heteroatoms. The van der Waals surface area contributed by atoms with Gasteiger partial charge in [0.1, 0.15) is 0 Å². The Labute approximate surface area is 65.4 Å². The van der Waals surface area contributed by atoms with Crippen molar-refractivity contribution < 1.29 is 9.94 Å². The predicted octanol–water partition coefficient (Wildman–Crippen LogP) is 0.742. The smallest absolute Gasteiger partial charge is 0.207 e. The summed E-state index contributed by atoms with van der Waals surface area (Å²) in [4.78, 5) is 4.38. The number of hydrogen-bond donors (Lipinski definition) is 2. The Morgan fingerprint density at radius 3 is 2.36 bits per heavy atom. The van der Waals surface area contributed by atoms with Crippen molar-refractivity contribution in [1.82, 2.24) is 0 Å². The van der Waals surface area contributed by atoms with Gasteiger partial charge in [0, 0.05) is 5.56 Å². The summed E-state index contributed by atoms with van der Waals surface area (Å²) in [5.41, 5.74) is 0.641. The molecule has 1 aromatic rings. The number of rotatable bonds is 2. The maximum atomic E-state index is 9.45. The fourth-order valence-corrected chi connectivity index (χ4v) is 0.815. The van der Waals surface area contributed by atoms with Crippen LogP contribution in [0.1, 0.15) is 12.5 Å². The van der Waals surface area contributed by atoms with E-state index < -0.39 is 5.79 Å². The van der Waals surface area contributed by atoms with Gasteiger partial charge in [0.2, 0.25) is 5.79 Å². The van der Waals surface area contributed by atoms with Crippen LogP contribution >= 0.6 is 0 Å². The van der Waals surface area contributed by atoms with Crippen LogP contribution in [-0.2, 0) is 10.6 Å². The third-order valence-electron chi connectivity index (χ3n) is 1.54. The van der Waals surface area contributed by atoms with Gasteiger partial charge >= 0.3 is 0 Å². The quantitative estimate of drug-likeness (QED) is 0.486. The van der Waals surface area contributed by atoms with E-state index in [1.807, 2.05) is 18.2 Å². The highest BCUT2D eigenvalue weighted by Gasteiger charge is 2.21. The molecule has 0 aliphatic rings. The SMILES string of the molecule is CC(O)(ON)c1ccccc1. The van der Waals surface area contributed by atoms with E-state index in [4.69, 9.17) is 5.90 Å². The average Bonchev–Trinajstić information content (AvgIpc) is 2.06. The maximum absolute atomic E-state index is 9.45. The average molecular weight is 153 g/mol. The van der Waals surface area contributed by atoms with Crippen LogP contribution in [0.4, 0.5) is 0 Å². The molecule has 0 aromatic heterocycles. The van der Waals surface area contributed by atoms with E-state index in [0.29, 0.717) is 5.56 Å². The van der Waals surface area contributed by atoms with Gasteiger partial charge in [-0.1, -0.05) is 30.3 Å². The van der Waals surface area contributed by atoms with E-state index in [1.54, 1.807) is 12.1 Å². The summed E-state index contributed by atoms with van der Waals surface area (Å²) in [6.45, 7) is 1.49. The van der Waals surface area contributed by atoms with Crippen LogP contribution in [0.2, 0.25) is 0 Å². The molecule has 0 saturated heterocycles. The second-order valence-electron chi connectivity index (χ2n) is 2.47. The molecule has 0 aliphatic carbocycles. The first kappa shape index (κ1) is 8.20. The van der Waals surface area contributed by atoms with Crippen LogP contribution in [-0.4, -0.2) is 5.11 Å². The highest BCUT2D eigenvalue weighted by atomic mass is 16.7. The topological polar surface area (TPSA) is 55.5 Å². The zero-order chi connectivity index (χ0) is 8.32. The lowest BCUT2D eigenvalue weighted by Gasteiger charge is -2.19. The molecule has 60 valence electrons. The van der Waals surface area contributed by atoms with Crippen LogP contribution < -0.4 is 5.90 Å². The summed E-state index contributed by atoms with van der Waals surface area (Å²) in [5.74, 6) is 3.50. The van der Waals surface area contributed by atoms with Crippen molar-refractivity contribution in [2.45, 2.75) is 12.7 Å². The molecule has 0 amide bonds. The zero-order valence-electron chi connectivity index (χ0n) is 6.32. The lowest BCUT2D eigenvalue weighted by molar-refractivity contribution is -0.202. The van der Waals surface area contributed by atoms with Crippen molar-refractivity contribution in [3.63, 3.8) is 0 Å². The Balaban J connectivity index is 2.93. The first-order valence-electron chi connectivity index (χ1n) is 3.32. The lowest BCUT2D eigenvalue weighted by Crippen LogP contribution is -2.28. The molecule has 0 saturated carbocycles. The first-order chi connectivity index (χ1) is 5.17. The van der Waals surface area contributed by atoms with Gasteiger partial charge in [-0.25, -0.2) is 5.90 Å². The highest BCUT2D eigenvalue weighted by Crippen LogP contribution is 2.18. The monoisotopic (exact) mass is 153 g/mol. The van der Waals surface area contributed by atoms with Gasteiger partial charge in [0.25, 0.3) is 0 Å². The molecule has 0 fully saturated rings. The summed E-state index contributed by atoms with van der Waals surface area (Å²) in [6.07, 6.45) is 0. The summed E-state index contributed by atoms with van der Waals surface area (Å²) in [5, 5.41) is 9.45. The van der Waals surface area contributed by atoms with Crippen LogP contribution in [0.15, 0.2) is 30.3 Å². The Kier molecular flexibility index (Phi) is 2.24. The summed E-state index contributed by atoms with van der Waals surface area (Å²) in [6, 6.07) is 8.96.